The molecule has 2 fully saturated rings. The molecule has 0 heterocycles. The molecule has 0 radical (unpaired) electrons. The minimum atomic E-state index is 0.143. The quantitative estimate of drug-likeness (QED) is 0.830. The predicted octanol–water partition coefficient (Wildman–Crippen LogP) is 3.78. The van der Waals surface area contributed by atoms with Gasteiger partial charge < -0.3 is 5.73 Å². The summed E-state index contributed by atoms with van der Waals surface area (Å²) < 4.78 is 0. The molecule has 4 unspecified atom stereocenters. The van der Waals surface area contributed by atoms with Gasteiger partial charge in [0.1, 0.15) is 0 Å². The lowest BCUT2D eigenvalue weighted by Crippen LogP contribution is -2.26. The van der Waals surface area contributed by atoms with Crippen LogP contribution in [0.1, 0.15) is 37.3 Å². The van der Waals surface area contributed by atoms with Crippen LogP contribution in [0, 0.1) is 17.8 Å². The Balaban J connectivity index is 1.83. The van der Waals surface area contributed by atoms with Gasteiger partial charge in [0.05, 0.1) is 0 Å². The lowest BCUT2D eigenvalue weighted by molar-refractivity contribution is 0.284. The fourth-order valence-corrected chi connectivity index (χ4v) is 3.97. The van der Waals surface area contributed by atoms with Crippen LogP contribution in [0.3, 0.4) is 0 Å². The molecule has 0 amide bonds. The van der Waals surface area contributed by atoms with E-state index in [1.807, 2.05) is 18.2 Å². The van der Waals surface area contributed by atoms with Crippen molar-refractivity contribution in [1.29, 1.82) is 0 Å². The minimum absolute atomic E-state index is 0.143. The van der Waals surface area contributed by atoms with Gasteiger partial charge in [-0.25, -0.2) is 0 Å². The second kappa shape index (κ2) is 4.05. The average molecular weight is 236 g/mol. The molecule has 3 rings (SSSR count). The summed E-state index contributed by atoms with van der Waals surface area (Å²) in [6, 6.07) is 8.18. The third kappa shape index (κ3) is 1.66. The summed E-state index contributed by atoms with van der Waals surface area (Å²) in [6.45, 7) is 0. The molecule has 2 N–H and O–H groups in total. The first-order valence-electron chi connectivity index (χ1n) is 6.25. The first-order chi connectivity index (χ1) is 7.75. The lowest BCUT2D eigenvalue weighted by Gasteiger charge is -2.28. The Kier molecular flexibility index (Phi) is 2.68. The van der Waals surface area contributed by atoms with Crippen LogP contribution < -0.4 is 5.73 Å². The average Bonchev–Trinajstić information content (AvgIpc) is 2.90. The van der Waals surface area contributed by atoms with Crippen molar-refractivity contribution in [3.8, 4) is 0 Å². The summed E-state index contributed by atoms with van der Waals surface area (Å²) in [5.41, 5.74) is 7.54. The maximum Gasteiger partial charge on any atom is 0.0453 e. The molecule has 4 atom stereocenters. The summed E-state index contributed by atoms with van der Waals surface area (Å²) in [5, 5.41) is 0.831. The minimum Gasteiger partial charge on any atom is -0.324 e. The molecule has 1 aromatic rings. The molecule has 1 aromatic carbocycles. The largest absolute Gasteiger partial charge is 0.324 e. The molecule has 16 heavy (non-hydrogen) atoms. The fourth-order valence-electron chi connectivity index (χ4n) is 3.71. The normalized spacial score (nSPS) is 34.2. The standard InChI is InChI=1S/C14H18ClN/c15-13-4-2-1-3-11(13)14(16)12-8-9-5-6-10(12)7-9/h1-4,9-10,12,14H,5-8,16H2. The maximum atomic E-state index is 6.40. The summed E-state index contributed by atoms with van der Waals surface area (Å²) >= 11 is 6.22. The van der Waals surface area contributed by atoms with Crippen LogP contribution in [0.5, 0.6) is 0 Å². The molecule has 2 aliphatic rings. The van der Waals surface area contributed by atoms with Crippen molar-refractivity contribution in [2.45, 2.75) is 31.7 Å². The number of hydrogen-bond acceptors (Lipinski definition) is 1. The Labute approximate surface area is 102 Å². The van der Waals surface area contributed by atoms with Crippen molar-refractivity contribution in [3.05, 3.63) is 34.9 Å². The molecular weight excluding hydrogens is 218 g/mol. The Morgan fingerprint density at radius 3 is 2.62 bits per heavy atom. The van der Waals surface area contributed by atoms with E-state index in [9.17, 15) is 0 Å². The van der Waals surface area contributed by atoms with Crippen LogP contribution in [0.2, 0.25) is 5.02 Å². The van der Waals surface area contributed by atoms with Gasteiger partial charge in [-0.1, -0.05) is 36.2 Å². The van der Waals surface area contributed by atoms with E-state index in [0.29, 0.717) is 5.92 Å². The SMILES string of the molecule is NC(c1ccccc1Cl)C1CC2CCC1C2. The monoisotopic (exact) mass is 235 g/mol. The molecule has 1 nitrogen and oxygen atoms in total. The molecule has 0 saturated heterocycles. The van der Waals surface area contributed by atoms with E-state index in [-0.39, 0.29) is 6.04 Å². The van der Waals surface area contributed by atoms with Gasteiger partial charge in [-0.15, -0.1) is 0 Å². The third-order valence-electron chi connectivity index (χ3n) is 4.52. The van der Waals surface area contributed by atoms with Crippen LogP contribution in [0.4, 0.5) is 0 Å². The number of nitrogens with two attached hydrogens (primary N) is 1. The Hall–Kier alpha value is -0.530. The zero-order valence-corrected chi connectivity index (χ0v) is 10.2. The van der Waals surface area contributed by atoms with E-state index in [4.69, 9.17) is 17.3 Å². The van der Waals surface area contributed by atoms with Crippen molar-refractivity contribution in [3.63, 3.8) is 0 Å². The smallest absolute Gasteiger partial charge is 0.0453 e. The second-order valence-electron chi connectivity index (χ2n) is 5.39. The van der Waals surface area contributed by atoms with Crippen molar-refractivity contribution in [2.24, 2.45) is 23.5 Å². The first-order valence-corrected chi connectivity index (χ1v) is 6.63. The van der Waals surface area contributed by atoms with E-state index in [1.165, 1.54) is 25.7 Å². The molecule has 0 aliphatic heterocycles. The summed E-state index contributed by atoms with van der Waals surface area (Å²) in [7, 11) is 0. The van der Waals surface area contributed by atoms with Gasteiger partial charge in [0, 0.05) is 11.1 Å². The molecule has 2 saturated carbocycles. The number of benzene rings is 1. The highest BCUT2D eigenvalue weighted by atomic mass is 35.5. The van der Waals surface area contributed by atoms with E-state index in [2.05, 4.69) is 6.07 Å². The van der Waals surface area contributed by atoms with Crippen molar-refractivity contribution in [1.82, 2.24) is 0 Å². The van der Waals surface area contributed by atoms with Gasteiger partial charge in [0.2, 0.25) is 0 Å². The van der Waals surface area contributed by atoms with Crippen molar-refractivity contribution in [2.75, 3.05) is 0 Å². The highest BCUT2D eigenvalue weighted by Gasteiger charge is 2.42. The Bertz CT molecular complexity index is 390. The Morgan fingerprint density at radius 1 is 1.19 bits per heavy atom. The van der Waals surface area contributed by atoms with Crippen molar-refractivity contribution < 1.29 is 0 Å². The maximum absolute atomic E-state index is 6.40. The highest BCUT2D eigenvalue weighted by molar-refractivity contribution is 6.31. The number of hydrogen-bond donors (Lipinski definition) is 1. The van der Waals surface area contributed by atoms with Crippen LogP contribution in [-0.4, -0.2) is 0 Å². The van der Waals surface area contributed by atoms with E-state index < -0.39 is 0 Å². The molecule has 86 valence electrons. The predicted molar refractivity (Wildman–Crippen MR) is 67.3 cm³/mol. The highest BCUT2D eigenvalue weighted by Crippen LogP contribution is 2.52. The van der Waals surface area contributed by atoms with Gasteiger partial charge in [0.25, 0.3) is 0 Å². The zero-order valence-electron chi connectivity index (χ0n) is 9.40. The molecule has 0 aromatic heterocycles. The fraction of sp³-hybridized carbons (Fsp3) is 0.571. The van der Waals surface area contributed by atoms with Gasteiger partial charge >= 0.3 is 0 Å². The molecule has 2 heteroatoms. The van der Waals surface area contributed by atoms with E-state index >= 15 is 0 Å². The van der Waals surface area contributed by atoms with Gasteiger partial charge in [0.15, 0.2) is 0 Å². The summed E-state index contributed by atoms with van der Waals surface area (Å²) in [5.74, 6) is 2.47. The number of fused-ring (bicyclic) bond motifs is 2. The molecule has 2 bridgehead atoms. The number of rotatable bonds is 2. The second-order valence-corrected chi connectivity index (χ2v) is 5.79. The van der Waals surface area contributed by atoms with Crippen molar-refractivity contribution >= 4 is 11.6 Å². The van der Waals surface area contributed by atoms with Crippen LogP contribution in [0.25, 0.3) is 0 Å². The Morgan fingerprint density at radius 2 is 2.00 bits per heavy atom. The zero-order chi connectivity index (χ0) is 11.1. The topological polar surface area (TPSA) is 26.0 Å². The summed E-state index contributed by atoms with van der Waals surface area (Å²) in [6.07, 6.45) is 5.53. The first kappa shape index (κ1) is 10.6. The van der Waals surface area contributed by atoms with E-state index in [1.54, 1.807) is 0 Å². The molecule has 0 spiro atoms. The lowest BCUT2D eigenvalue weighted by atomic mass is 9.81. The van der Waals surface area contributed by atoms with Crippen LogP contribution >= 0.6 is 11.6 Å². The number of halogens is 1. The molecule has 2 aliphatic carbocycles. The van der Waals surface area contributed by atoms with Crippen LogP contribution in [-0.2, 0) is 0 Å². The van der Waals surface area contributed by atoms with Gasteiger partial charge in [-0.2, -0.15) is 0 Å². The van der Waals surface area contributed by atoms with Gasteiger partial charge in [-0.05, 0) is 48.6 Å². The van der Waals surface area contributed by atoms with Crippen LogP contribution in [0.15, 0.2) is 24.3 Å². The van der Waals surface area contributed by atoms with Gasteiger partial charge in [-0.3, -0.25) is 0 Å². The van der Waals surface area contributed by atoms with E-state index in [0.717, 1.165) is 22.4 Å². The third-order valence-corrected chi connectivity index (χ3v) is 4.86. The summed E-state index contributed by atoms with van der Waals surface area (Å²) in [4.78, 5) is 0. The molecular formula is C14H18ClN.